The Hall–Kier alpha value is -1.65. The number of benzene rings is 1. The van der Waals surface area contributed by atoms with E-state index in [2.05, 4.69) is 6.58 Å². The van der Waals surface area contributed by atoms with Crippen molar-refractivity contribution >= 4 is 11.5 Å². The molecule has 0 aliphatic carbocycles. The number of likely N-dealkylation sites (N-methyl/N-ethyl adjacent to an activating group) is 1. The second kappa shape index (κ2) is 6.26. The van der Waals surface area contributed by atoms with Gasteiger partial charge in [-0.3, -0.25) is 0 Å². The van der Waals surface area contributed by atoms with Crippen molar-refractivity contribution in [3.05, 3.63) is 42.5 Å². The lowest BCUT2D eigenvalue weighted by atomic mass is 9.94. The summed E-state index contributed by atoms with van der Waals surface area (Å²) in [4.78, 5) is 12.7. The first-order chi connectivity index (χ1) is 15.5. The summed E-state index contributed by atoms with van der Waals surface area (Å²) in [5, 5.41) is 0. The van der Waals surface area contributed by atoms with Crippen molar-refractivity contribution in [1.29, 1.82) is 0 Å². The highest BCUT2D eigenvalue weighted by Crippen LogP contribution is 2.52. The Bertz CT molecular complexity index is 977. The average molecular weight is 352 g/mol. The lowest BCUT2D eigenvalue weighted by Crippen LogP contribution is -2.62. The fourth-order valence-corrected chi connectivity index (χ4v) is 4.34. The van der Waals surface area contributed by atoms with Crippen LogP contribution >= 0.6 is 0 Å². The highest BCUT2D eigenvalue weighted by molar-refractivity contribution is 6.15. The maximum Gasteiger partial charge on any atom is 0.338 e. The molecule has 3 heterocycles. The van der Waals surface area contributed by atoms with Gasteiger partial charge in [0.2, 0.25) is 0 Å². The Morgan fingerprint density at radius 2 is 2.04 bits per heavy atom. The number of quaternary nitrogens is 1. The van der Waals surface area contributed by atoms with Gasteiger partial charge in [-0.2, -0.15) is 0 Å². The number of carbonyl (C=O) groups is 1. The maximum atomic E-state index is 12.7. The van der Waals surface area contributed by atoms with Crippen molar-refractivity contribution < 1.29 is 31.1 Å². The van der Waals surface area contributed by atoms with Gasteiger partial charge in [0, 0.05) is 22.4 Å². The molecule has 0 N–H and O–H groups in total. The number of nitrogens with zero attached hydrogens (tertiary/aromatic N) is 1. The highest BCUT2D eigenvalue weighted by Gasteiger charge is 2.71. The molecule has 2 bridgehead atoms. The van der Waals surface area contributed by atoms with Crippen molar-refractivity contribution in [1.82, 2.24) is 0 Å². The van der Waals surface area contributed by atoms with Crippen LogP contribution in [0.4, 0.5) is 0 Å². The van der Waals surface area contributed by atoms with Gasteiger partial charge in [0.1, 0.15) is 30.4 Å². The van der Waals surface area contributed by atoms with Crippen LogP contribution in [-0.4, -0.2) is 54.4 Å². The summed E-state index contributed by atoms with van der Waals surface area (Å²) in [6, 6.07) is 7.56. The molecule has 25 heavy (non-hydrogen) atoms. The zero-order valence-corrected chi connectivity index (χ0v) is 14.1. The summed E-state index contributed by atoms with van der Waals surface area (Å²) in [6.45, 7) is -2.46. The first-order valence-corrected chi connectivity index (χ1v) is 8.45. The van der Waals surface area contributed by atoms with E-state index < -0.39 is 54.7 Å². The number of esters is 1. The number of piperidine rings is 1. The molecule has 134 valence electrons. The van der Waals surface area contributed by atoms with Crippen LogP contribution in [-0.2, 0) is 14.3 Å². The maximum absolute atomic E-state index is 12.7. The standard InChI is InChI=1S/C21H28NO3/c1-4-5-11-22(3)17-12-16(13-18(22)20-19(17)25-20)24-21(23)14(2)15-9-7-6-8-10-15/h6-10,16-20H,2,4-5,11-13H2,1,3H3/q+1/t16?,17-,18+,19-,20+,22?/i1D3,4D2,5D2,11D2. The minimum Gasteiger partial charge on any atom is -0.458 e. The predicted molar refractivity (Wildman–Crippen MR) is 96.8 cm³/mol. The summed E-state index contributed by atoms with van der Waals surface area (Å²) in [6.07, 6.45) is -7.79. The Labute approximate surface area is 162 Å². The van der Waals surface area contributed by atoms with E-state index >= 15 is 0 Å². The molecule has 0 saturated carbocycles. The molecule has 3 aliphatic rings. The van der Waals surface area contributed by atoms with Gasteiger partial charge in [-0.25, -0.2) is 4.79 Å². The molecule has 3 fully saturated rings. The van der Waals surface area contributed by atoms with Crippen molar-refractivity contribution in [3.8, 4) is 0 Å². The summed E-state index contributed by atoms with van der Waals surface area (Å²) in [5.74, 6) is -0.599. The summed E-state index contributed by atoms with van der Waals surface area (Å²) in [5.41, 5.74) is 0.809. The fourth-order valence-electron chi connectivity index (χ4n) is 4.34. The molecule has 0 radical (unpaired) electrons. The first-order valence-electron chi connectivity index (χ1n) is 12.9. The van der Waals surface area contributed by atoms with E-state index in [1.807, 2.05) is 6.07 Å². The Kier molecular flexibility index (Phi) is 2.34. The number of morpholine rings is 1. The van der Waals surface area contributed by atoms with E-state index in [9.17, 15) is 4.79 Å². The molecule has 0 aromatic heterocycles. The number of rotatable bonds is 6. The monoisotopic (exact) mass is 351 g/mol. The van der Waals surface area contributed by atoms with E-state index in [-0.39, 0.29) is 30.6 Å². The topological polar surface area (TPSA) is 38.8 Å². The Balaban J connectivity index is 1.57. The molecule has 4 heteroatoms. The highest BCUT2D eigenvalue weighted by atomic mass is 16.6. The van der Waals surface area contributed by atoms with E-state index in [1.165, 1.54) is 7.05 Å². The normalized spacial score (nSPS) is 45.6. The van der Waals surface area contributed by atoms with E-state index in [1.54, 1.807) is 24.3 Å². The van der Waals surface area contributed by atoms with E-state index in [4.69, 9.17) is 21.8 Å². The van der Waals surface area contributed by atoms with Crippen LogP contribution in [0.2, 0.25) is 0 Å². The molecule has 3 saturated heterocycles. The number of carbonyl (C=O) groups excluding carboxylic acids is 1. The van der Waals surface area contributed by atoms with Gasteiger partial charge < -0.3 is 14.0 Å². The minimum absolute atomic E-state index is 0.175. The molecule has 0 spiro atoms. The van der Waals surface area contributed by atoms with Gasteiger partial charge in [-0.1, -0.05) is 50.1 Å². The van der Waals surface area contributed by atoms with Gasteiger partial charge in [-0.05, 0) is 11.9 Å². The quantitative estimate of drug-likeness (QED) is 0.342. The molecule has 4 nitrogen and oxygen atoms in total. The van der Waals surface area contributed by atoms with Crippen LogP contribution in [0.25, 0.3) is 5.57 Å². The van der Waals surface area contributed by atoms with E-state index in [0.29, 0.717) is 5.56 Å². The number of fused-ring (bicyclic) bond motifs is 5. The van der Waals surface area contributed by atoms with Crippen LogP contribution in [0.3, 0.4) is 0 Å². The number of hydrogen-bond acceptors (Lipinski definition) is 3. The lowest BCUT2D eigenvalue weighted by Gasteiger charge is -2.48. The van der Waals surface area contributed by atoms with Crippen LogP contribution in [0.15, 0.2) is 36.9 Å². The SMILES string of the molecule is [2H]C([2H])([2H])C([2H])([2H])C([2H])([2H])C([2H])([2H])[N+]1(C)[C@@H]2CC(OC(=O)C(=C)c3ccccc3)C[C@H]1[C@@H]1O[C@@H]12. The van der Waals surface area contributed by atoms with Gasteiger partial charge in [0.05, 0.1) is 21.9 Å². The van der Waals surface area contributed by atoms with Crippen LogP contribution < -0.4 is 0 Å². The smallest absolute Gasteiger partial charge is 0.338 e. The number of hydrogen-bond donors (Lipinski definition) is 0. The van der Waals surface area contributed by atoms with Crippen LogP contribution in [0.5, 0.6) is 0 Å². The largest absolute Gasteiger partial charge is 0.458 e. The lowest BCUT2D eigenvalue weighted by molar-refractivity contribution is -0.956. The van der Waals surface area contributed by atoms with Crippen molar-refractivity contribution in [2.75, 3.05) is 13.5 Å². The summed E-state index contributed by atoms with van der Waals surface area (Å²) in [7, 11) is 1.49. The fraction of sp³-hybridized carbons (Fsp3) is 0.571. The molecule has 3 aliphatic heterocycles. The predicted octanol–water partition coefficient (Wildman–Crippen LogP) is 3.17. The van der Waals surface area contributed by atoms with Crippen molar-refractivity contribution in [2.45, 2.75) is 62.8 Å². The first kappa shape index (κ1) is 9.33. The third-order valence-electron chi connectivity index (χ3n) is 5.71. The van der Waals surface area contributed by atoms with Crippen LogP contribution in [0, 0.1) is 0 Å². The summed E-state index contributed by atoms with van der Waals surface area (Å²) >= 11 is 0. The number of ether oxygens (including phenoxy) is 2. The second-order valence-electron chi connectivity index (χ2n) is 7.05. The van der Waals surface area contributed by atoms with Crippen molar-refractivity contribution in [3.63, 3.8) is 0 Å². The third kappa shape index (κ3) is 2.81. The molecule has 4 rings (SSSR count). The zero-order chi connectivity index (χ0) is 25.5. The second-order valence-corrected chi connectivity index (χ2v) is 7.05. The van der Waals surface area contributed by atoms with Gasteiger partial charge >= 0.3 is 5.97 Å². The molecule has 6 atom stereocenters. The average Bonchev–Trinajstić information content (AvgIpc) is 3.51. The van der Waals surface area contributed by atoms with E-state index in [0.717, 1.165) is 0 Å². The third-order valence-corrected chi connectivity index (χ3v) is 5.71. The van der Waals surface area contributed by atoms with Gasteiger partial charge in [-0.15, -0.1) is 0 Å². The Morgan fingerprint density at radius 3 is 2.68 bits per heavy atom. The molecule has 1 aromatic carbocycles. The van der Waals surface area contributed by atoms with Crippen molar-refractivity contribution in [2.24, 2.45) is 0 Å². The molecule has 2 unspecified atom stereocenters. The zero-order valence-electron chi connectivity index (χ0n) is 23.1. The Morgan fingerprint density at radius 1 is 1.36 bits per heavy atom. The summed E-state index contributed by atoms with van der Waals surface area (Å²) < 4.78 is 83.5. The molecular weight excluding hydrogens is 314 g/mol. The van der Waals surface area contributed by atoms with Crippen LogP contribution in [0.1, 0.15) is 50.3 Å². The van der Waals surface area contributed by atoms with Gasteiger partial charge in [0.25, 0.3) is 0 Å². The molecule has 1 aromatic rings. The molecular formula is C21H28NO3+. The minimum atomic E-state index is -3.44. The molecule has 0 amide bonds. The van der Waals surface area contributed by atoms with Gasteiger partial charge in [0.15, 0.2) is 0 Å². The number of epoxide rings is 1.